The van der Waals surface area contributed by atoms with Gasteiger partial charge in [-0.15, -0.1) is 0 Å². The molecule has 0 fully saturated rings. The molecule has 0 aromatic heterocycles. The highest BCUT2D eigenvalue weighted by Crippen LogP contribution is 2.14. The average molecular weight is 243 g/mol. The lowest BCUT2D eigenvalue weighted by Gasteiger charge is -2.20. The zero-order valence-electron chi connectivity index (χ0n) is 11.2. The molecule has 0 aliphatic rings. The van der Waals surface area contributed by atoms with E-state index in [0.29, 0.717) is 6.42 Å². The zero-order valence-corrected chi connectivity index (χ0v) is 11.2. The summed E-state index contributed by atoms with van der Waals surface area (Å²) >= 11 is 0. The van der Waals surface area contributed by atoms with Crippen LogP contribution in [0.25, 0.3) is 0 Å². The highest BCUT2D eigenvalue weighted by molar-refractivity contribution is 5.79. The Hall–Kier alpha value is -1.06. The van der Waals surface area contributed by atoms with E-state index in [4.69, 9.17) is 5.11 Å². The first-order chi connectivity index (χ1) is 8.04. The number of carbonyl (C=O) groups is 2. The smallest absolute Gasteiger partial charge is 0.305 e. The quantitative estimate of drug-likeness (QED) is 0.654. The summed E-state index contributed by atoms with van der Waals surface area (Å²) in [6, 6.07) is -0.240. The number of hydrogen-bond donors (Lipinski definition) is 2. The minimum Gasteiger partial charge on any atom is -0.481 e. The first kappa shape index (κ1) is 15.9. The van der Waals surface area contributed by atoms with Crippen LogP contribution in [0.1, 0.15) is 59.3 Å². The van der Waals surface area contributed by atoms with Gasteiger partial charge in [-0.25, -0.2) is 0 Å². The molecular weight excluding hydrogens is 218 g/mol. The van der Waals surface area contributed by atoms with Crippen molar-refractivity contribution in [2.45, 2.75) is 65.3 Å². The first-order valence-electron chi connectivity index (χ1n) is 6.57. The average Bonchev–Trinajstić information content (AvgIpc) is 2.27. The van der Waals surface area contributed by atoms with Gasteiger partial charge in [0.25, 0.3) is 0 Å². The molecule has 17 heavy (non-hydrogen) atoms. The van der Waals surface area contributed by atoms with Crippen LogP contribution in [0.2, 0.25) is 0 Å². The van der Waals surface area contributed by atoms with Crippen LogP contribution in [0.15, 0.2) is 0 Å². The molecule has 0 saturated heterocycles. The lowest BCUT2D eigenvalue weighted by molar-refractivity contribution is -0.137. The topological polar surface area (TPSA) is 66.4 Å². The van der Waals surface area contributed by atoms with Crippen LogP contribution in [-0.4, -0.2) is 23.0 Å². The summed E-state index contributed by atoms with van der Waals surface area (Å²) < 4.78 is 0. The van der Waals surface area contributed by atoms with E-state index in [1.165, 1.54) is 0 Å². The normalized spacial score (nSPS) is 12.5. The lowest BCUT2D eigenvalue weighted by atomic mass is 9.96. The van der Waals surface area contributed by atoms with Gasteiger partial charge in [-0.05, 0) is 19.3 Å². The van der Waals surface area contributed by atoms with Crippen molar-refractivity contribution in [3.8, 4) is 0 Å². The molecule has 4 nitrogen and oxygen atoms in total. The van der Waals surface area contributed by atoms with Crippen LogP contribution >= 0.6 is 0 Å². The van der Waals surface area contributed by atoms with Crippen LogP contribution in [0.3, 0.4) is 0 Å². The van der Waals surface area contributed by atoms with Crippen LogP contribution in [-0.2, 0) is 9.59 Å². The van der Waals surface area contributed by atoms with Crippen LogP contribution in [0.4, 0.5) is 0 Å². The molecule has 0 radical (unpaired) electrons. The van der Waals surface area contributed by atoms with Crippen LogP contribution < -0.4 is 5.32 Å². The molecule has 0 aliphatic carbocycles. The van der Waals surface area contributed by atoms with Gasteiger partial charge in [-0.2, -0.15) is 0 Å². The maximum Gasteiger partial charge on any atom is 0.305 e. The molecule has 1 atom stereocenters. The number of carboxylic acids is 1. The van der Waals surface area contributed by atoms with E-state index in [-0.39, 0.29) is 24.3 Å². The minimum atomic E-state index is -0.861. The molecule has 0 rings (SSSR count). The highest BCUT2D eigenvalue weighted by Gasteiger charge is 2.20. The van der Waals surface area contributed by atoms with E-state index in [0.717, 1.165) is 25.7 Å². The molecule has 0 aromatic carbocycles. The molecule has 1 amide bonds. The molecule has 0 aromatic rings. The van der Waals surface area contributed by atoms with Crippen molar-refractivity contribution < 1.29 is 14.7 Å². The van der Waals surface area contributed by atoms with E-state index >= 15 is 0 Å². The monoisotopic (exact) mass is 243 g/mol. The Morgan fingerprint density at radius 1 is 1.12 bits per heavy atom. The number of aliphatic carboxylic acids is 1. The summed E-state index contributed by atoms with van der Waals surface area (Å²) in [7, 11) is 0. The van der Waals surface area contributed by atoms with Crippen molar-refractivity contribution in [2.24, 2.45) is 5.92 Å². The number of hydrogen-bond acceptors (Lipinski definition) is 2. The number of nitrogens with one attached hydrogen (secondary N) is 1. The molecular formula is C13H25NO3. The van der Waals surface area contributed by atoms with Crippen molar-refractivity contribution in [1.29, 1.82) is 0 Å². The lowest BCUT2D eigenvalue weighted by Crippen LogP contribution is -2.39. The van der Waals surface area contributed by atoms with Crippen molar-refractivity contribution >= 4 is 11.9 Å². The molecule has 0 spiro atoms. The molecule has 0 saturated carbocycles. The van der Waals surface area contributed by atoms with Crippen LogP contribution in [0, 0.1) is 5.92 Å². The number of rotatable bonds is 9. The fraction of sp³-hybridized carbons (Fsp3) is 0.846. The Bertz CT molecular complexity index is 235. The third-order valence-corrected chi connectivity index (χ3v) is 2.91. The zero-order chi connectivity index (χ0) is 13.3. The Balaban J connectivity index is 4.29. The fourth-order valence-corrected chi connectivity index (χ4v) is 1.93. The second-order valence-corrected chi connectivity index (χ2v) is 4.49. The van der Waals surface area contributed by atoms with Crippen molar-refractivity contribution in [3.63, 3.8) is 0 Å². The number of carboxylic acid groups (broad SMARTS) is 1. The molecule has 0 heterocycles. The summed E-state index contributed by atoms with van der Waals surface area (Å²) in [5.41, 5.74) is 0. The fourth-order valence-electron chi connectivity index (χ4n) is 1.93. The third kappa shape index (κ3) is 6.97. The van der Waals surface area contributed by atoms with E-state index in [2.05, 4.69) is 19.2 Å². The Morgan fingerprint density at radius 3 is 2.00 bits per heavy atom. The maximum atomic E-state index is 12.0. The Morgan fingerprint density at radius 2 is 1.65 bits per heavy atom. The van der Waals surface area contributed by atoms with Gasteiger partial charge in [-0.3, -0.25) is 9.59 Å². The molecule has 100 valence electrons. The number of carbonyl (C=O) groups excluding carboxylic acids is 1. The van der Waals surface area contributed by atoms with Crippen molar-refractivity contribution in [2.75, 3.05) is 0 Å². The Labute approximate surface area is 104 Å². The predicted octanol–water partition coefficient (Wildman–Crippen LogP) is 2.57. The largest absolute Gasteiger partial charge is 0.481 e. The van der Waals surface area contributed by atoms with Crippen LogP contribution in [0.5, 0.6) is 0 Å². The van der Waals surface area contributed by atoms with Gasteiger partial charge in [0, 0.05) is 12.0 Å². The molecule has 4 heteroatoms. The second-order valence-electron chi connectivity index (χ2n) is 4.49. The second kappa shape index (κ2) is 9.02. The van der Waals surface area contributed by atoms with Gasteiger partial charge in [0.05, 0.1) is 6.42 Å². The number of amides is 1. The molecule has 0 aliphatic heterocycles. The maximum absolute atomic E-state index is 12.0. The van der Waals surface area contributed by atoms with Gasteiger partial charge < -0.3 is 10.4 Å². The summed E-state index contributed by atoms with van der Waals surface area (Å²) in [4.78, 5) is 22.6. The summed E-state index contributed by atoms with van der Waals surface area (Å²) in [6.45, 7) is 6.01. The molecule has 1 unspecified atom stereocenters. The standard InChI is InChI=1S/C13H25NO3/c1-4-7-10(8-5-2)13(17)14-11(6-3)9-12(15)16/h10-11H,4-9H2,1-3H3,(H,14,17)(H,15,16). The van der Waals surface area contributed by atoms with E-state index in [9.17, 15) is 9.59 Å². The highest BCUT2D eigenvalue weighted by atomic mass is 16.4. The predicted molar refractivity (Wildman–Crippen MR) is 67.8 cm³/mol. The van der Waals surface area contributed by atoms with Gasteiger partial charge >= 0.3 is 5.97 Å². The minimum absolute atomic E-state index is 0.00715. The van der Waals surface area contributed by atoms with E-state index < -0.39 is 5.97 Å². The van der Waals surface area contributed by atoms with Gasteiger partial charge in [0.2, 0.25) is 5.91 Å². The summed E-state index contributed by atoms with van der Waals surface area (Å²) in [5, 5.41) is 11.6. The first-order valence-corrected chi connectivity index (χ1v) is 6.57. The van der Waals surface area contributed by atoms with Crippen molar-refractivity contribution in [3.05, 3.63) is 0 Å². The van der Waals surface area contributed by atoms with Gasteiger partial charge in [0.1, 0.15) is 0 Å². The molecule has 0 bridgehead atoms. The molecule has 2 N–H and O–H groups in total. The van der Waals surface area contributed by atoms with Gasteiger partial charge in [0.15, 0.2) is 0 Å². The SMILES string of the molecule is CCCC(CCC)C(=O)NC(CC)CC(=O)O. The Kier molecular flexibility index (Phi) is 8.46. The van der Waals surface area contributed by atoms with E-state index in [1.54, 1.807) is 0 Å². The van der Waals surface area contributed by atoms with Crippen molar-refractivity contribution in [1.82, 2.24) is 5.32 Å². The van der Waals surface area contributed by atoms with Gasteiger partial charge in [-0.1, -0.05) is 33.6 Å². The summed E-state index contributed by atoms with van der Waals surface area (Å²) in [6.07, 6.45) is 4.38. The summed E-state index contributed by atoms with van der Waals surface area (Å²) in [5.74, 6) is -0.811. The third-order valence-electron chi connectivity index (χ3n) is 2.91. The van der Waals surface area contributed by atoms with E-state index in [1.807, 2.05) is 6.92 Å².